The van der Waals surface area contributed by atoms with Crippen molar-refractivity contribution in [2.45, 2.75) is 26.2 Å². The summed E-state index contributed by atoms with van der Waals surface area (Å²) in [4.78, 5) is 27.2. The first-order valence-corrected chi connectivity index (χ1v) is 7.66. The summed E-state index contributed by atoms with van der Waals surface area (Å²) in [7, 11) is 1.27. The lowest BCUT2D eigenvalue weighted by Gasteiger charge is -2.19. The first-order chi connectivity index (χ1) is 11.3. The van der Waals surface area contributed by atoms with Gasteiger partial charge in [-0.2, -0.15) is 0 Å². The van der Waals surface area contributed by atoms with Gasteiger partial charge in [-0.25, -0.2) is 4.79 Å². The molecule has 0 spiro atoms. The van der Waals surface area contributed by atoms with Gasteiger partial charge in [-0.15, -0.1) is 0 Å². The van der Waals surface area contributed by atoms with E-state index in [0.717, 1.165) is 5.56 Å². The molecular formula is C19H22N2O3. The predicted molar refractivity (Wildman–Crippen MR) is 93.4 cm³/mol. The minimum Gasteiger partial charge on any atom is -0.464 e. The van der Waals surface area contributed by atoms with E-state index in [0.29, 0.717) is 11.3 Å². The average molecular weight is 326 g/mol. The zero-order chi connectivity index (χ0) is 17.7. The Hall–Kier alpha value is -2.82. The lowest BCUT2D eigenvalue weighted by molar-refractivity contribution is -0.136. The van der Waals surface area contributed by atoms with Crippen molar-refractivity contribution in [2.24, 2.45) is 0 Å². The van der Waals surface area contributed by atoms with Crippen molar-refractivity contribution in [3.63, 3.8) is 0 Å². The van der Waals surface area contributed by atoms with Gasteiger partial charge in [0.2, 0.25) is 0 Å². The molecule has 0 aliphatic heterocycles. The number of hydrogen-bond donors (Lipinski definition) is 2. The summed E-state index contributed by atoms with van der Waals surface area (Å²) in [6.45, 7) is 6.32. The summed E-state index contributed by atoms with van der Waals surface area (Å²) >= 11 is 0. The molecule has 2 aromatic rings. The Balaban J connectivity index is 2.20. The largest absolute Gasteiger partial charge is 0.464 e. The maximum absolute atomic E-state index is 12.4. The topological polar surface area (TPSA) is 71.2 Å². The van der Waals surface area contributed by atoms with Crippen LogP contribution in [0.3, 0.4) is 0 Å². The van der Waals surface area contributed by atoms with Gasteiger partial charge in [0.1, 0.15) is 5.70 Å². The lowest BCUT2D eigenvalue weighted by atomic mass is 9.87. The normalized spacial score (nSPS) is 11.9. The summed E-state index contributed by atoms with van der Waals surface area (Å²) in [5.74, 6) is -0.970. The molecule has 1 aromatic heterocycles. The summed E-state index contributed by atoms with van der Waals surface area (Å²) in [5.41, 5.74) is 2.39. The van der Waals surface area contributed by atoms with Crippen molar-refractivity contribution in [3.05, 3.63) is 65.1 Å². The van der Waals surface area contributed by atoms with E-state index in [-0.39, 0.29) is 17.0 Å². The number of methoxy groups -OCH3 is 1. The van der Waals surface area contributed by atoms with E-state index < -0.39 is 5.97 Å². The van der Waals surface area contributed by atoms with E-state index in [9.17, 15) is 9.59 Å². The highest BCUT2D eigenvalue weighted by Crippen LogP contribution is 2.22. The van der Waals surface area contributed by atoms with Crippen molar-refractivity contribution in [2.75, 3.05) is 7.11 Å². The Morgan fingerprint density at radius 1 is 1.12 bits per heavy atom. The number of rotatable bonds is 4. The van der Waals surface area contributed by atoms with Crippen LogP contribution in [0, 0.1) is 0 Å². The molecular weight excluding hydrogens is 304 g/mol. The number of carbonyl (C=O) groups is 2. The van der Waals surface area contributed by atoms with Crippen LogP contribution >= 0.6 is 0 Å². The van der Waals surface area contributed by atoms with E-state index in [2.05, 4.69) is 31.1 Å². The Morgan fingerprint density at radius 2 is 1.79 bits per heavy atom. The van der Waals surface area contributed by atoms with Gasteiger partial charge in [0.05, 0.1) is 7.11 Å². The van der Waals surface area contributed by atoms with Gasteiger partial charge in [0, 0.05) is 17.5 Å². The van der Waals surface area contributed by atoms with Crippen LogP contribution in [-0.2, 0) is 14.9 Å². The van der Waals surface area contributed by atoms with Crippen LogP contribution < -0.4 is 5.32 Å². The van der Waals surface area contributed by atoms with Crippen molar-refractivity contribution in [1.29, 1.82) is 0 Å². The van der Waals surface area contributed by atoms with Crippen LogP contribution in [-0.4, -0.2) is 24.0 Å². The van der Waals surface area contributed by atoms with Crippen LogP contribution in [0.1, 0.15) is 42.4 Å². The number of amides is 1. The second-order valence-corrected chi connectivity index (χ2v) is 6.46. The van der Waals surface area contributed by atoms with Crippen LogP contribution in [0.2, 0.25) is 0 Å². The zero-order valence-electron chi connectivity index (χ0n) is 14.3. The number of ether oxygens (including phenoxy) is 1. The van der Waals surface area contributed by atoms with Crippen LogP contribution in [0.5, 0.6) is 0 Å². The molecule has 24 heavy (non-hydrogen) atoms. The van der Waals surface area contributed by atoms with Gasteiger partial charge >= 0.3 is 5.97 Å². The summed E-state index contributed by atoms with van der Waals surface area (Å²) in [5, 5.41) is 2.61. The molecule has 0 bridgehead atoms. The third-order valence-electron chi connectivity index (χ3n) is 3.59. The number of carbonyl (C=O) groups excluding carboxylic acids is 2. The summed E-state index contributed by atoms with van der Waals surface area (Å²) in [6.07, 6.45) is 3.26. The highest BCUT2D eigenvalue weighted by atomic mass is 16.5. The fourth-order valence-corrected chi connectivity index (χ4v) is 2.16. The number of nitrogens with one attached hydrogen (secondary N) is 2. The molecule has 0 unspecified atom stereocenters. The molecule has 0 aliphatic rings. The Labute approximate surface area is 141 Å². The average Bonchev–Trinajstić information content (AvgIpc) is 3.05. The van der Waals surface area contributed by atoms with Crippen LogP contribution in [0.4, 0.5) is 0 Å². The van der Waals surface area contributed by atoms with E-state index >= 15 is 0 Å². The van der Waals surface area contributed by atoms with Crippen molar-refractivity contribution in [1.82, 2.24) is 10.3 Å². The van der Waals surface area contributed by atoms with Crippen LogP contribution in [0.15, 0.2) is 48.3 Å². The third kappa shape index (κ3) is 4.35. The second kappa shape index (κ2) is 7.17. The van der Waals surface area contributed by atoms with E-state index in [1.165, 1.54) is 13.2 Å². The fourth-order valence-electron chi connectivity index (χ4n) is 2.16. The molecule has 0 radical (unpaired) electrons. The van der Waals surface area contributed by atoms with Crippen molar-refractivity contribution < 1.29 is 14.3 Å². The van der Waals surface area contributed by atoms with Gasteiger partial charge in [-0.1, -0.05) is 32.9 Å². The third-order valence-corrected chi connectivity index (χ3v) is 3.59. The highest BCUT2D eigenvalue weighted by molar-refractivity contribution is 6.03. The minimum absolute atomic E-state index is 0.0136. The molecule has 2 N–H and O–H groups in total. The smallest absolute Gasteiger partial charge is 0.354 e. The maximum Gasteiger partial charge on any atom is 0.354 e. The molecule has 5 heteroatoms. The molecule has 1 heterocycles. The monoisotopic (exact) mass is 326 g/mol. The molecule has 2 rings (SSSR count). The molecule has 126 valence electrons. The molecule has 0 saturated carbocycles. The molecule has 0 aliphatic carbocycles. The molecule has 1 amide bonds. The van der Waals surface area contributed by atoms with Gasteiger partial charge < -0.3 is 15.0 Å². The number of benzene rings is 1. The molecule has 0 saturated heterocycles. The van der Waals surface area contributed by atoms with Gasteiger partial charge in [0.15, 0.2) is 0 Å². The van der Waals surface area contributed by atoms with E-state index in [1.807, 2.05) is 12.1 Å². The molecule has 5 nitrogen and oxygen atoms in total. The molecule has 1 aromatic carbocycles. The summed E-state index contributed by atoms with van der Waals surface area (Å²) < 4.78 is 4.73. The SMILES string of the molecule is COC(=O)C(=Cc1ccc[nH]1)NC(=O)c1ccc(C(C)(C)C)cc1. The highest BCUT2D eigenvalue weighted by Gasteiger charge is 2.17. The number of esters is 1. The first kappa shape index (κ1) is 17.5. The quantitative estimate of drug-likeness (QED) is 0.669. The number of aromatic nitrogens is 1. The predicted octanol–water partition coefficient (Wildman–Crippen LogP) is 3.26. The van der Waals surface area contributed by atoms with Gasteiger partial charge in [-0.05, 0) is 41.3 Å². The minimum atomic E-state index is -0.607. The zero-order valence-corrected chi connectivity index (χ0v) is 14.3. The number of aromatic amines is 1. The summed E-state index contributed by atoms with van der Waals surface area (Å²) in [6, 6.07) is 10.9. The number of H-pyrrole nitrogens is 1. The standard InChI is InChI=1S/C19H22N2O3/c1-19(2,3)14-9-7-13(8-10-14)17(22)21-16(18(23)24-4)12-15-6-5-11-20-15/h5-12,20H,1-4H3,(H,21,22). The Kier molecular flexibility index (Phi) is 5.24. The Morgan fingerprint density at radius 3 is 2.29 bits per heavy atom. The fraction of sp³-hybridized carbons (Fsp3) is 0.263. The van der Waals surface area contributed by atoms with Crippen molar-refractivity contribution in [3.8, 4) is 0 Å². The number of hydrogen-bond acceptors (Lipinski definition) is 3. The second-order valence-electron chi connectivity index (χ2n) is 6.46. The van der Waals surface area contributed by atoms with Gasteiger partial charge in [-0.3, -0.25) is 4.79 Å². The van der Waals surface area contributed by atoms with E-state index in [1.54, 1.807) is 30.5 Å². The Bertz CT molecular complexity index is 736. The van der Waals surface area contributed by atoms with Gasteiger partial charge in [0.25, 0.3) is 5.91 Å². The molecule has 0 atom stereocenters. The first-order valence-electron chi connectivity index (χ1n) is 7.66. The maximum atomic E-state index is 12.4. The van der Waals surface area contributed by atoms with Crippen LogP contribution in [0.25, 0.3) is 6.08 Å². The van der Waals surface area contributed by atoms with E-state index in [4.69, 9.17) is 4.74 Å². The lowest BCUT2D eigenvalue weighted by Crippen LogP contribution is -2.28. The van der Waals surface area contributed by atoms with Crippen molar-refractivity contribution >= 4 is 18.0 Å². The molecule has 0 fully saturated rings.